The number of hydrogen-bond acceptors (Lipinski definition) is 8. The van der Waals surface area contributed by atoms with Gasteiger partial charge in [0.15, 0.2) is 11.6 Å². The van der Waals surface area contributed by atoms with Crippen LogP contribution in [0.2, 0.25) is 5.02 Å². The predicted octanol–water partition coefficient (Wildman–Crippen LogP) is 6.33. The highest BCUT2D eigenvalue weighted by molar-refractivity contribution is 6.36. The zero-order chi connectivity index (χ0) is 37.3. The van der Waals surface area contributed by atoms with E-state index >= 15 is 0 Å². The van der Waals surface area contributed by atoms with Gasteiger partial charge in [-0.25, -0.2) is 9.97 Å². The van der Waals surface area contributed by atoms with E-state index in [1.165, 1.54) is 32.1 Å². The number of carbonyl (C=O) groups is 2. The zero-order valence-corrected chi connectivity index (χ0v) is 31.9. The van der Waals surface area contributed by atoms with Gasteiger partial charge < -0.3 is 24.5 Å². The van der Waals surface area contributed by atoms with Gasteiger partial charge in [-0.05, 0) is 43.7 Å². The number of nitrogens with one attached hydrogen (secondary N) is 2. The molecule has 13 heteroatoms. The molecule has 54 heavy (non-hydrogen) atoms. The minimum Gasteiger partial charge on any atom is -0.381 e. The standard InChI is InChI=1S/C41H48ClN9O3/c1-48-35-14-18-50(23-26-8-4-3-5-9-26)24-33(35)44-38(48)40(52)46-31-12-6-10-28(30(31)22-43)29-11-7-13-32(37(29)42)47-41(53)39-45-34-25-51(19-15-36(34)49(39)2)27-16-20-54-21-17-27/h6-7,10-13,26-27H,3-5,8-9,14-21,23-25H2,1-2H3,(H,46,52)(H,47,53). The summed E-state index contributed by atoms with van der Waals surface area (Å²) in [5.74, 6) is 0.656. The molecule has 4 aliphatic rings. The van der Waals surface area contributed by atoms with Gasteiger partial charge in [0.2, 0.25) is 0 Å². The summed E-state index contributed by atoms with van der Waals surface area (Å²) < 4.78 is 9.33. The van der Waals surface area contributed by atoms with Crippen molar-refractivity contribution in [3.63, 3.8) is 0 Å². The van der Waals surface area contributed by atoms with Crippen LogP contribution >= 0.6 is 11.6 Å². The van der Waals surface area contributed by atoms with E-state index < -0.39 is 0 Å². The molecule has 1 saturated carbocycles. The largest absolute Gasteiger partial charge is 0.381 e. The first-order valence-electron chi connectivity index (χ1n) is 19.4. The Kier molecular flexibility index (Phi) is 10.6. The lowest BCUT2D eigenvalue weighted by Crippen LogP contribution is -2.42. The molecule has 2 fully saturated rings. The van der Waals surface area contributed by atoms with Crippen LogP contribution in [0.25, 0.3) is 11.1 Å². The van der Waals surface area contributed by atoms with Crippen LogP contribution in [0.5, 0.6) is 0 Å². The normalized spacial score (nSPS) is 18.5. The van der Waals surface area contributed by atoms with Gasteiger partial charge in [-0.3, -0.25) is 19.4 Å². The molecule has 1 aliphatic carbocycles. The van der Waals surface area contributed by atoms with Crippen molar-refractivity contribution in [2.45, 2.75) is 76.9 Å². The highest BCUT2D eigenvalue weighted by Crippen LogP contribution is 2.38. The number of aromatic nitrogens is 4. The number of nitrogens with zero attached hydrogens (tertiary/aromatic N) is 7. The molecule has 12 nitrogen and oxygen atoms in total. The minimum atomic E-state index is -0.375. The Balaban J connectivity index is 0.980. The van der Waals surface area contributed by atoms with Crippen LogP contribution < -0.4 is 10.6 Å². The number of benzene rings is 2. The van der Waals surface area contributed by atoms with Crippen molar-refractivity contribution in [2.75, 3.05) is 43.5 Å². The van der Waals surface area contributed by atoms with Gasteiger partial charge in [0.1, 0.15) is 6.07 Å². The predicted molar refractivity (Wildman–Crippen MR) is 207 cm³/mol. The summed E-state index contributed by atoms with van der Waals surface area (Å²) in [5, 5.41) is 16.6. The molecule has 0 atom stereocenters. The van der Waals surface area contributed by atoms with E-state index in [0.29, 0.717) is 46.7 Å². The lowest BCUT2D eigenvalue weighted by atomic mass is 9.88. The molecule has 2 N–H and O–H groups in total. The third-order valence-corrected chi connectivity index (χ3v) is 12.3. The van der Waals surface area contributed by atoms with Crippen molar-refractivity contribution >= 4 is 34.8 Å². The van der Waals surface area contributed by atoms with Crippen molar-refractivity contribution in [2.24, 2.45) is 20.0 Å². The maximum atomic E-state index is 13.7. The first-order chi connectivity index (χ1) is 26.3. The topological polar surface area (TPSA) is 133 Å². The summed E-state index contributed by atoms with van der Waals surface area (Å²) in [7, 11) is 3.77. The molecular formula is C41H48ClN9O3. The number of imidazole rings is 2. The van der Waals surface area contributed by atoms with Gasteiger partial charge in [-0.15, -0.1) is 0 Å². The number of amides is 2. The fourth-order valence-corrected chi connectivity index (χ4v) is 9.26. The molecule has 282 valence electrons. The molecule has 0 bridgehead atoms. The Morgan fingerprint density at radius 2 is 1.44 bits per heavy atom. The highest BCUT2D eigenvalue weighted by Gasteiger charge is 2.31. The van der Waals surface area contributed by atoms with Crippen LogP contribution in [0.1, 0.15) is 94.5 Å². The average molecular weight is 750 g/mol. The van der Waals surface area contributed by atoms with Gasteiger partial charge in [-0.2, -0.15) is 5.26 Å². The van der Waals surface area contributed by atoms with Gasteiger partial charge in [0.05, 0.1) is 33.3 Å². The average Bonchev–Trinajstić information content (AvgIpc) is 3.71. The zero-order valence-electron chi connectivity index (χ0n) is 31.2. The molecule has 3 aliphatic heterocycles. The summed E-state index contributed by atoms with van der Waals surface area (Å²) in [6, 6.07) is 13.4. The monoisotopic (exact) mass is 749 g/mol. The quantitative estimate of drug-likeness (QED) is 0.214. The second kappa shape index (κ2) is 15.7. The molecule has 0 unspecified atom stereocenters. The Morgan fingerprint density at radius 3 is 2.13 bits per heavy atom. The summed E-state index contributed by atoms with van der Waals surface area (Å²) in [4.78, 5) is 42.0. The van der Waals surface area contributed by atoms with Crippen LogP contribution in [0.3, 0.4) is 0 Å². The van der Waals surface area contributed by atoms with Gasteiger partial charge in [-0.1, -0.05) is 55.1 Å². The molecule has 2 amide bonds. The number of hydrogen-bond donors (Lipinski definition) is 2. The number of ether oxygens (including phenoxy) is 1. The molecule has 0 spiro atoms. The Morgan fingerprint density at radius 1 is 0.833 bits per heavy atom. The number of nitriles is 1. The third-order valence-electron chi connectivity index (χ3n) is 11.9. The van der Waals surface area contributed by atoms with Gasteiger partial charge in [0.25, 0.3) is 11.8 Å². The fraction of sp³-hybridized carbons (Fsp3) is 0.488. The fourth-order valence-electron chi connectivity index (χ4n) is 8.98. The number of rotatable bonds is 8. The maximum absolute atomic E-state index is 13.7. The Labute approximate surface area is 321 Å². The molecule has 2 aromatic heterocycles. The first-order valence-corrected chi connectivity index (χ1v) is 19.7. The SMILES string of the molecule is Cn1c(C(=O)Nc2cccc(-c3cccc(NC(=O)c4nc5c(n4C)CCN(CC4CCCCC4)C5)c3C#N)c2Cl)nc2c1CCN(C1CCOCC1)C2. The molecule has 2 aromatic carbocycles. The number of fused-ring (bicyclic) bond motifs is 2. The first kappa shape index (κ1) is 36.4. The molecule has 4 aromatic rings. The van der Waals surface area contributed by atoms with Crippen molar-refractivity contribution in [1.82, 2.24) is 28.9 Å². The summed E-state index contributed by atoms with van der Waals surface area (Å²) in [6.45, 7) is 6.00. The molecule has 1 saturated heterocycles. The van der Waals surface area contributed by atoms with Crippen LogP contribution in [0.15, 0.2) is 36.4 Å². The van der Waals surface area contributed by atoms with Crippen molar-refractivity contribution in [3.05, 3.63) is 81.4 Å². The Hall–Kier alpha value is -4.54. The van der Waals surface area contributed by atoms with E-state index in [2.05, 4.69) is 26.5 Å². The van der Waals surface area contributed by atoms with Crippen molar-refractivity contribution < 1.29 is 14.3 Å². The van der Waals surface area contributed by atoms with Gasteiger partial charge in [0, 0.05) is 101 Å². The Bertz CT molecular complexity index is 2100. The highest BCUT2D eigenvalue weighted by atomic mass is 35.5. The maximum Gasteiger partial charge on any atom is 0.291 e. The molecular weight excluding hydrogens is 702 g/mol. The summed E-state index contributed by atoms with van der Waals surface area (Å²) in [5.41, 5.74) is 6.16. The number of carbonyl (C=O) groups excluding carboxylic acids is 2. The lowest BCUT2D eigenvalue weighted by molar-refractivity contribution is 0.0283. The van der Waals surface area contributed by atoms with Crippen molar-refractivity contribution in [3.8, 4) is 17.2 Å². The molecule has 5 heterocycles. The van der Waals surface area contributed by atoms with E-state index in [9.17, 15) is 14.9 Å². The van der Waals surface area contributed by atoms with Crippen LogP contribution in [-0.4, -0.2) is 79.6 Å². The van der Waals surface area contributed by atoms with Gasteiger partial charge >= 0.3 is 0 Å². The van der Waals surface area contributed by atoms with Crippen LogP contribution in [-0.2, 0) is 44.8 Å². The molecule has 0 radical (unpaired) electrons. The minimum absolute atomic E-state index is 0.264. The summed E-state index contributed by atoms with van der Waals surface area (Å²) >= 11 is 6.98. The second-order valence-electron chi connectivity index (χ2n) is 15.2. The van der Waals surface area contributed by atoms with E-state index in [0.717, 1.165) is 93.8 Å². The molecule has 8 rings (SSSR count). The van der Waals surface area contributed by atoms with Crippen LogP contribution in [0, 0.1) is 17.2 Å². The number of halogens is 1. The summed E-state index contributed by atoms with van der Waals surface area (Å²) in [6.07, 6.45) is 10.3. The second-order valence-corrected chi connectivity index (χ2v) is 15.6. The third kappa shape index (κ3) is 7.18. The van der Waals surface area contributed by atoms with E-state index in [4.69, 9.17) is 26.3 Å². The smallest absolute Gasteiger partial charge is 0.291 e. The van der Waals surface area contributed by atoms with Crippen LogP contribution in [0.4, 0.5) is 11.4 Å². The number of anilines is 2. The van der Waals surface area contributed by atoms with Crippen molar-refractivity contribution in [1.29, 1.82) is 5.26 Å². The lowest BCUT2D eigenvalue weighted by Gasteiger charge is -2.36. The van der Waals surface area contributed by atoms with E-state index in [1.54, 1.807) is 36.4 Å². The van der Waals surface area contributed by atoms with E-state index in [1.807, 2.05) is 23.2 Å². The van der Waals surface area contributed by atoms with E-state index in [-0.39, 0.29) is 22.4 Å².